The predicted octanol–water partition coefficient (Wildman–Crippen LogP) is 2.85. The van der Waals surface area contributed by atoms with Crippen LogP contribution in [-0.2, 0) is 13.5 Å². The minimum absolute atomic E-state index is 0.0684. The number of rotatable bonds is 4. The van der Waals surface area contributed by atoms with E-state index in [4.69, 9.17) is 0 Å². The number of benzene rings is 1. The Hall–Kier alpha value is -1.62. The van der Waals surface area contributed by atoms with Crippen LogP contribution < -0.4 is 5.32 Å². The first-order valence-electron chi connectivity index (χ1n) is 6.51. The average molecular weight is 336 g/mol. The lowest BCUT2D eigenvalue weighted by atomic mass is 10.1. The molecule has 1 aromatic carbocycles. The van der Waals surface area contributed by atoms with E-state index in [9.17, 15) is 4.79 Å². The van der Waals surface area contributed by atoms with E-state index in [1.807, 2.05) is 26.0 Å². The largest absolute Gasteiger partial charge is 0.348 e. The number of amides is 1. The van der Waals surface area contributed by atoms with Crippen molar-refractivity contribution in [3.8, 4) is 0 Å². The summed E-state index contributed by atoms with van der Waals surface area (Å²) in [6.07, 6.45) is 0.801. The van der Waals surface area contributed by atoms with Gasteiger partial charge in [0.25, 0.3) is 5.91 Å². The van der Waals surface area contributed by atoms with Gasteiger partial charge in [-0.3, -0.25) is 9.48 Å². The van der Waals surface area contributed by atoms with Crippen molar-refractivity contribution in [2.45, 2.75) is 26.3 Å². The molecule has 1 unspecified atom stereocenters. The summed E-state index contributed by atoms with van der Waals surface area (Å²) in [6, 6.07) is 9.99. The molecule has 0 saturated heterocycles. The van der Waals surface area contributed by atoms with Gasteiger partial charge in [0, 0.05) is 17.6 Å². The summed E-state index contributed by atoms with van der Waals surface area (Å²) in [5.41, 5.74) is 2.63. The lowest BCUT2D eigenvalue weighted by molar-refractivity contribution is 0.0930. The lowest BCUT2D eigenvalue weighted by Crippen LogP contribution is -2.35. The Balaban J connectivity index is 1.97. The monoisotopic (exact) mass is 335 g/mol. The zero-order chi connectivity index (χ0) is 14.7. The van der Waals surface area contributed by atoms with Crippen molar-refractivity contribution in [2.75, 3.05) is 0 Å². The highest BCUT2D eigenvalue weighted by Gasteiger charge is 2.14. The van der Waals surface area contributed by atoms with Crippen molar-refractivity contribution in [3.05, 3.63) is 51.8 Å². The Labute approximate surface area is 127 Å². The minimum atomic E-state index is -0.0855. The molecule has 106 valence electrons. The van der Waals surface area contributed by atoms with Gasteiger partial charge >= 0.3 is 0 Å². The van der Waals surface area contributed by atoms with Crippen LogP contribution in [0.5, 0.6) is 0 Å². The van der Waals surface area contributed by atoms with Crippen LogP contribution in [0.25, 0.3) is 0 Å². The fourth-order valence-electron chi connectivity index (χ4n) is 2.15. The zero-order valence-electron chi connectivity index (χ0n) is 11.9. The first-order valence-corrected chi connectivity index (χ1v) is 7.31. The molecule has 0 aliphatic carbocycles. The molecular formula is C15H18BrN3O. The fourth-order valence-corrected chi connectivity index (χ4v) is 2.41. The third-order valence-electron chi connectivity index (χ3n) is 3.07. The quantitative estimate of drug-likeness (QED) is 0.933. The third-order valence-corrected chi connectivity index (χ3v) is 3.60. The number of nitrogens with zero attached hydrogens (tertiary/aromatic N) is 2. The summed E-state index contributed by atoms with van der Waals surface area (Å²) in [7, 11) is 1.78. The van der Waals surface area contributed by atoms with Gasteiger partial charge in [-0.05, 0) is 44.0 Å². The molecule has 2 aromatic rings. The maximum Gasteiger partial charge on any atom is 0.269 e. The highest BCUT2D eigenvalue weighted by atomic mass is 79.9. The molecule has 0 bridgehead atoms. The van der Waals surface area contributed by atoms with E-state index in [0.29, 0.717) is 5.69 Å². The Morgan fingerprint density at radius 1 is 1.40 bits per heavy atom. The van der Waals surface area contributed by atoms with Crippen molar-refractivity contribution in [1.29, 1.82) is 0 Å². The van der Waals surface area contributed by atoms with E-state index < -0.39 is 0 Å². The van der Waals surface area contributed by atoms with Gasteiger partial charge in [0.15, 0.2) is 0 Å². The van der Waals surface area contributed by atoms with Gasteiger partial charge < -0.3 is 5.32 Å². The number of aryl methyl sites for hydroxylation is 2. The SMILES string of the molecule is Cc1cc(C(=O)NC(C)Cc2ccc(Br)cc2)n(C)n1. The molecular weight excluding hydrogens is 318 g/mol. The standard InChI is InChI=1S/C15H18BrN3O/c1-10(8-12-4-6-13(16)7-5-12)17-15(20)14-9-11(2)18-19(14)3/h4-7,9-10H,8H2,1-3H3,(H,17,20). The van der Waals surface area contributed by atoms with Crippen LogP contribution in [0.4, 0.5) is 0 Å². The number of hydrogen-bond donors (Lipinski definition) is 1. The van der Waals surface area contributed by atoms with Crippen LogP contribution >= 0.6 is 15.9 Å². The van der Waals surface area contributed by atoms with E-state index in [1.54, 1.807) is 17.8 Å². The number of carbonyl (C=O) groups excluding carboxylic acids is 1. The topological polar surface area (TPSA) is 46.9 Å². The molecule has 0 radical (unpaired) electrons. The molecule has 0 aliphatic heterocycles. The van der Waals surface area contributed by atoms with Gasteiger partial charge in [-0.2, -0.15) is 5.10 Å². The van der Waals surface area contributed by atoms with Gasteiger partial charge in [0.2, 0.25) is 0 Å². The predicted molar refractivity (Wildman–Crippen MR) is 82.7 cm³/mol. The molecule has 0 spiro atoms. The average Bonchev–Trinajstić information content (AvgIpc) is 2.71. The highest BCUT2D eigenvalue weighted by molar-refractivity contribution is 9.10. The second kappa shape index (κ2) is 6.22. The molecule has 1 atom stereocenters. The number of carbonyl (C=O) groups is 1. The van der Waals surface area contributed by atoms with Crippen LogP contribution in [0.1, 0.15) is 28.7 Å². The Bertz CT molecular complexity index is 604. The van der Waals surface area contributed by atoms with Crippen LogP contribution in [0.2, 0.25) is 0 Å². The first kappa shape index (κ1) is 14.8. The fraction of sp³-hybridized carbons (Fsp3) is 0.333. The van der Waals surface area contributed by atoms with Gasteiger partial charge in [0.05, 0.1) is 5.69 Å². The van der Waals surface area contributed by atoms with Gasteiger partial charge in [-0.15, -0.1) is 0 Å². The van der Waals surface area contributed by atoms with Crippen LogP contribution in [0, 0.1) is 6.92 Å². The van der Waals surface area contributed by atoms with Crippen molar-refractivity contribution in [2.24, 2.45) is 7.05 Å². The number of aromatic nitrogens is 2. The summed E-state index contributed by atoms with van der Waals surface area (Å²) in [4.78, 5) is 12.2. The molecule has 4 nitrogen and oxygen atoms in total. The first-order chi connectivity index (χ1) is 9.45. The molecule has 1 heterocycles. The van der Waals surface area contributed by atoms with E-state index >= 15 is 0 Å². The van der Waals surface area contributed by atoms with E-state index in [2.05, 4.69) is 38.5 Å². The van der Waals surface area contributed by atoms with Gasteiger partial charge in [-0.25, -0.2) is 0 Å². The Morgan fingerprint density at radius 3 is 2.60 bits per heavy atom. The molecule has 5 heteroatoms. The second-order valence-electron chi connectivity index (χ2n) is 5.00. The number of halogens is 1. The smallest absolute Gasteiger partial charge is 0.269 e. The van der Waals surface area contributed by atoms with Crippen LogP contribution in [0.15, 0.2) is 34.8 Å². The Morgan fingerprint density at radius 2 is 2.05 bits per heavy atom. The number of hydrogen-bond acceptors (Lipinski definition) is 2. The summed E-state index contributed by atoms with van der Waals surface area (Å²) in [5, 5.41) is 7.19. The minimum Gasteiger partial charge on any atom is -0.348 e. The van der Waals surface area contributed by atoms with Crippen molar-refractivity contribution in [3.63, 3.8) is 0 Å². The molecule has 1 N–H and O–H groups in total. The summed E-state index contributed by atoms with van der Waals surface area (Å²) < 4.78 is 2.67. The third kappa shape index (κ3) is 3.70. The van der Waals surface area contributed by atoms with Gasteiger partial charge in [0.1, 0.15) is 5.69 Å². The van der Waals surface area contributed by atoms with E-state index in [-0.39, 0.29) is 11.9 Å². The molecule has 20 heavy (non-hydrogen) atoms. The van der Waals surface area contributed by atoms with E-state index in [0.717, 1.165) is 16.6 Å². The summed E-state index contributed by atoms with van der Waals surface area (Å²) in [5.74, 6) is -0.0855. The highest BCUT2D eigenvalue weighted by Crippen LogP contribution is 2.12. The maximum absolute atomic E-state index is 12.2. The molecule has 0 saturated carbocycles. The summed E-state index contributed by atoms with van der Waals surface area (Å²) >= 11 is 3.41. The molecule has 1 aromatic heterocycles. The lowest BCUT2D eigenvalue weighted by Gasteiger charge is -2.14. The molecule has 2 rings (SSSR count). The van der Waals surface area contributed by atoms with Crippen LogP contribution in [-0.4, -0.2) is 21.7 Å². The second-order valence-corrected chi connectivity index (χ2v) is 5.92. The molecule has 0 aliphatic rings. The summed E-state index contributed by atoms with van der Waals surface area (Å²) in [6.45, 7) is 3.88. The maximum atomic E-state index is 12.2. The van der Waals surface area contributed by atoms with Crippen molar-refractivity contribution >= 4 is 21.8 Å². The normalized spacial score (nSPS) is 12.2. The van der Waals surface area contributed by atoms with E-state index in [1.165, 1.54) is 5.56 Å². The van der Waals surface area contributed by atoms with Gasteiger partial charge in [-0.1, -0.05) is 28.1 Å². The van der Waals surface area contributed by atoms with Crippen LogP contribution in [0.3, 0.4) is 0 Å². The zero-order valence-corrected chi connectivity index (χ0v) is 13.4. The molecule has 0 fully saturated rings. The Kier molecular flexibility index (Phi) is 4.60. The van der Waals surface area contributed by atoms with Crippen molar-refractivity contribution < 1.29 is 4.79 Å². The molecule has 1 amide bonds. The van der Waals surface area contributed by atoms with Crippen molar-refractivity contribution in [1.82, 2.24) is 15.1 Å². The number of nitrogens with one attached hydrogen (secondary N) is 1.